The first kappa shape index (κ1) is 10.1. The highest BCUT2D eigenvalue weighted by atomic mass is 15.0. The zero-order chi connectivity index (χ0) is 10.7. The molecule has 0 bridgehead atoms. The first-order chi connectivity index (χ1) is 7.31. The van der Waals surface area contributed by atoms with Crippen molar-refractivity contribution in [1.82, 2.24) is 9.88 Å². The van der Waals surface area contributed by atoms with Gasteiger partial charge in [0.2, 0.25) is 0 Å². The summed E-state index contributed by atoms with van der Waals surface area (Å²) >= 11 is 0. The summed E-state index contributed by atoms with van der Waals surface area (Å²) in [6.45, 7) is 2.13. The van der Waals surface area contributed by atoms with Crippen molar-refractivity contribution < 1.29 is 0 Å². The van der Waals surface area contributed by atoms with Gasteiger partial charge in [-0.15, -0.1) is 0 Å². The van der Waals surface area contributed by atoms with E-state index in [1.807, 2.05) is 12.1 Å². The van der Waals surface area contributed by atoms with E-state index < -0.39 is 0 Å². The highest BCUT2D eigenvalue weighted by Crippen LogP contribution is 2.23. The third kappa shape index (κ3) is 2.15. The summed E-state index contributed by atoms with van der Waals surface area (Å²) in [6.07, 6.45) is 5.25. The molecule has 1 fully saturated rings. The lowest BCUT2D eigenvalue weighted by molar-refractivity contribution is 0.459. The van der Waals surface area contributed by atoms with Crippen molar-refractivity contribution in [3.05, 3.63) is 29.4 Å². The topological polar surface area (TPSA) is 64.7 Å². The number of piperidine rings is 1. The Morgan fingerprint density at radius 2 is 2.13 bits per heavy atom. The van der Waals surface area contributed by atoms with Crippen LogP contribution in [0.3, 0.4) is 0 Å². The SMILES string of the molecule is N=Cn1ccc(C2CCNCC2)cc1=N. The molecule has 0 radical (unpaired) electrons. The Bertz CT molecular complexity index is 401. The van der Waals surface area contributed by atoms with E-state index in [1.165, 1.54) is 10.1 Å². The Labute approximate surface area is 89.0 Å². The average molecular weight is 204 g/mol. The van der Waals surface area contributed by atoms with Gasteiger partial charge in [0.15, 0.2) is 0 Å². The third-order valence-corrected chi connectivity index (χ3v) is 2.96. The Morgan fingerprint density at radius 3 is 2.73 bits per heavy atom. The number of nitrogens with zero attached hydrogens (tertiary/aromatic N) is 1. The fraction of sp³-hybridized carbons (Fsp3) is 0.455. The monoisotopic (exact) mass is 204 g/mol. The van der Waals surface area contributed by atoms with Crippen LogP contribution in [0.4, 0.5) is 0 Å². The van der Waals surface area contributed by atoms with Gasteiger partial charge in [-0.1, -0.05) is 0 Å². The van der Waals surface area contributed by atoms with Crippen molar-refractivity contribution in [2.24, 2.45) is 0 Å². The molecule has 0 saturated carbocycles. The molecule has 0 atom stereocenters. The van der Waals surface area contributed by atoms with Crippen molar-refractivity contribution in [3.63, 3.8) is 0 Å². The van der Waals surface area contributed by atoms with E-state index in [4.69, 9.17) is 10.8 Å². The van der Waals surface area contributed by atoms with Crippen LogP contribution in [0, 0.1) is 10.8 Å². The Kier molecular flexibility index (Phi) is 2.97. The van der Waals surface area contributed by atoms with Crippen LogP contribution in [0.15, 0.2) is 18.3 Å². The number of nitrogens with one attached hydrogen (secondary N) is 3. The molecular formula is C11H16N4. The number of hydrogen-bond acceptors (Lipinski definition) is 3. The zero-order valence-electron chi connectivity index (χ0n) is 8.66. The van der Waals surface area contributed by atoms with Gasteiger partial charge in [-0.2, -0.15) is 0 Å². The van der Waals surface area contributed by atoms with Gasteiger partial charge in [-0.25, -0.2) is 0 Å². The minimum absolute atomic E-state index is 0.390. The van der Waals surface area contributed by atoms with E-state index in [0.29, 0.717) is 11.4 Å². The van der Waals surface area contributed by atoms with E-state index in [-0.39, 0.29) is 0 Å². The van der Waals surface area contributed by atoms with Crippen LogP contribution >= 0.6 is 0 Å². The molecule has 2 rings (SSSR count). The van der Waals surface area contributed by atoms with E-state index in [0.717, 1.165) is 32.3 Å². The molecule has 2 heterocycles. The van der Waals surface area contributed by atoms with Gasteiger partial charge in [0.05, 0.1) is 6.34 Å². The quantitative estimate of drug-likeness (QED) is 0.486. The van der Waals surface area contributed by atoms with Crippen LogP contribution in [-0.4, -0.2) is 24.0 Å². The van der Waals surface area contributed by atoms with Crippen LogP contribution in [0.5, 0.6) is 0 Å². The molecule has 3 N–H and O–H groups in total. The van der Waals surface area contributed by atoms with Crippen LogP contribution in [0.2, 0.25) is 0 Å². The maximum Gasteiger partial charge on any atom is 0.130 e. The standard InChI is InChI=1S/C11H16N4/c12-8-15-6-3-10(7-11(15)13)9-1-4-14-5-2-9/h3,6-9,12-14H,1-2,4-5H2. The zero-order valence-corrected chi connectivity index (χ0v) is 8.66. The van der Waals surface area contributed by atoms with Crippen molar-refractivity contribution in [2.75, 3.05) is 13.1 Å². The Morgan fingerprint density at radius 1 is 1.40 bits per heavy atom. The molecule has 15 heavy (non-hydrogen) atoms. The first-order valence-electron chi connectivity index (χ1n) is 5.29. The van der Waals surface area contributed by atoms with Gasteiger partial charge in [0, 0.05) is 6.20 Å². The summed E-state index contributed by atoms with van der Waals surface area (Å²) in [7, 11) is 0. The van der Waals surface area contributed by atoms with E-state index in [2.05, 4.69) is 5.32 Å². The number of rotatable bonds is 2. The minimum Gasteiger partial charge on any atom is -0.317 e. The number of pyridine rings is 1. The lowest BCUT2D eigenvalue weighted by atomic mass is 9.91. The van der Waals surface area contributed by atoms with Gasteiger partial charge < -0.3 is 5.32 Å². The molecule has 0 aliphatic carbocycles. The van der Waals surface area contributed by atoms with Crippen molar-refractivity contribution >= 4 is 6.34 Å². The molecule has 80 valence electrons. The summed E-state index contributed by atoms with van der Waals surface area (Å²) in [4.78, 5) is 0. The average Bonchev–Trinajstić information content (AvgIpc) is 2.30. The lowest BCUT2D eigenvalue weighted by Gasteiger charge is -2.23. The Balaban J connectivity index is 2.25. The van der Waals surface area contributed by atoms with E-state index in [9.17, 15) is 0 Å². The fourth-order valence-electron chi connectivity index (χ4n) is 2.05. The van der Waals surface area contributed by atoms with Crippen molar-refractivity contribution in [1.29, 1.82) is 10.8 Å². The lowest BCUT2D eigenvalue weighted by Crippen LogP contribution is -2.28. The van der Waals surface area contributed by atoms with E-state index in [1.54, 1.807) is 6.20 Å². The summed E-state index contributed by atoms with van der Waals surface area (Å²) in [5.41, 5.74) is 1.63. The molecular weight excluding hydrogens is 188 g/mol. The van der Waals surface area contributed by atoms with Crippen LogP contribution < -0.4 is 10.8 Å². The maximum absolute atomic E-state index is 7.73. The fourth-order valence-corrected chi connectivity index (χ4v) is 2.05. The summed E-state index contributed by atoms with van der Waals surface area (Å²) in [5, 5.41) is 18.2. The number of aromatic nitrogens is 1. The second kappa shape index (κ2) is 4.40. The molecule has 4 nitrogen and oxygen atoms in total. The largest absolute Gasteiger partial charge is 0.317 e. The highest BCUT2D eigenvalue weighted by molar-refractivity contribution is 5.53. The maximum atomic E-state index is 7.73. The molecule has 0 amide bonds. The molecule has 0 unspecified atom stereocenters. The highest BCUT2D eigenvalue weighted by Gasteiger charge is 2.14. The first-order valence-corrected chi connectivity index (χ1v) is 5.29. The van der Waals surface area contributed by atoms with Crippen molar-refractivity contribution in [2.45, 2.75) is 18.8 Å². The van der Waals surface area contributed by atoms with Gasteiger partial charge in [-0.05, 0) is 49.5 Å². The minimum atomic E-state index is 0.390. The number of hydrogen-bond donors (Lipinski definition) is 3. The molecule has 0 spiro atoms. The normalized spacial score (nSPS) is 17.6. The second-order valence-electron chi connectivity index (χ2n) is 3.91. The van der Waals surface area contributed by atoms with Gasteiger partial charge >= 0.3 is 0 Å². The van der Waals surface area contributed by atoms with Crippen LogP contribution in [0.1, 0.15) is 24.3 Å². The summed E-state index contributed by atoms with van der Waals surface area (Å²) in [6, 6.07) is 3.90. The van der Waals surface area contributed by atoms with Gasteiger partial charge in [0.25, 0.3) is 0 Å². The molecule has 1 saturated heterocycles. The predicted octanol–water partition coefficient (Wildman–Crippen LogP) is 0.890. The molecule has 1 aromatic heterocycles. The van der Waals surface area contributed by atoms with Gasteiger partial charge in [-0.3, -0.25) is 15.4 Å². The second-order valence-corrected chi connectivity index (χ2v) is 3.91. The van der Waals surface area contributed by atoms with Gasteiger partial charge in [0.1, 0.15) is 5.49 Å². The van der Waals surface area contributed by atoms with E-state index >= 15 is 0 Å². The summed E-state index contributed by atoms with van der Waals surface area (Å²) in [5.74, 6) is 0.579. The molecule has 4 heteroatoms. The molecule has 0 aromatic carbocycles. The summed E-state index contributed by atoms with van der Waals surface area (Å²) < 4.78 is 1.50. The van der Waals surface area contributed by atoms with Crippen LogP contribution in [-0.2, 0) is 0 Å². The third-order valence-electron chi connectivity index (χ3n) is 2.96. The Hall–Kier alpha value is -1.42. The van der Waals surface area contributed by atoms with Crippen LogP contribution in [0.25, 0.3) is 0 Å². The predicted molar refractivity (Wildman–Crippen MR) is 59.3 cm³/mol. The molecule has 1 aromatic rings. The molecule has 1 aliphatic rings. The van der Waals surface area contributed by atoms with Crippen molar-refractivity contribution in [3.8, 4) is 0 Å². The molecule has 1 aliphatic heterocycles. The smallest absolute Gasteiger partial charge is 0.130 e.